The van der Waals surface area contributed by atoms with Crippen molar-refractivity contribution in [1.82, 2.24) is 0 Å². The highest BCUT2D eigenvalue weighted by atomic mass is 35.5. The Labute approximate surface area is 70.1 Å². The summed E-state index contributed by atoms with van der Waals surface area (Å²) < 4.78 is 0. The zero-order chi connectivity index (χ0) is 7.75. The van der Waals surface area contributed by atoms with Crippen LogP contribution in [0.2, 0.25) is 0 Å². The summed E-state index contributed by atoms with van der Waals surface area (Å²) in [5, 5.41) is 0.266. The zero-order valence-electron chi connectivity index (χ0n) is 6.03. The average Bonchev–Trinajstić information content (AvgIpc) is 2.33. The third-order valence-corrected chi connectivity index (χ3v) is 4.43. The SMILES string of the molecule is NC(=O)[C@H]1[C@@H]2C[C@@H]3[C@@H]([C@@H]2Cl)[C@H]31. The van der Waals surface area contributed by atoms with Crippen molar-refractivity contribution in [2.75, 3.05) is 0 Å². The second-order valence-electron chi connectivity index (χ2n) is 4.09. The molecule has 4 saturated carbocycles. The van der Waals surface area contributed by atoms with Crippen molar-refractivity contribution in [3.63, 3.8) is 0 Å². The van der Waals surface area contributed by atoms with Crippen molar-refractivity contribution in [2.24, 2.45) is 35.3 Å². The number of carbonyl (C=O) groups excluding carboxylic acids is 1. The van der Waals surface area contributed by atoms with E-state index in [1.165, 1.54) is 0 Å². The summed E-state index contributed by atoms with van der Waals surface area (Å²) >= 11 is 6.13. The van der Waals surface area contributed by atoms with Gasteiger partial charge in [-0.25, -0.2) is 0 Å². The number of nitrogens with two attached hydrogens (primary N) is 1. The molecular formula is C8H10ClNO. The third-order valence-electron chi connectivity index (χ3n) is 3.82. The number of hydrogen-bond donors (Lipinski definition) is 1. The third kappa shape index (κ3) is 0.516. The molecule has 3 heteroatoms. The van der Waals surface area contributed by atoms with Gasteiger partial charge in [0, 0.05) is 11.3 Å². The maximum absolute atomic E-state index is 11.0. The number of carbonyl (C=O) groups is 1. The molecule has 0 saturated heterocycles. The molecule has 2 N–H and O–H groups in total. The smallest absolute Gasteiger partial charge is 0.221 e. The Morgan fingerprint density at radius 1 is 1.36 bits per heavy atom. The van der Waals surface area contributed by atoms with Gasteiger partial charge in [-0.1, -0.05) is 0 Å². The summed E-state index contributed by atoms with van der Waals surface area (Å²) in [6, 6.07) is 0. The van der Waals surface area contributed by atoms with E-state index in [1.54, 1.807) is 0 Å². The minimum absolute atomic E-state index is 0.117. The van der Waals surface area contributed by atoms with E-state index < -0.39 is 0 Å². The van der Waals surface area contributed by atoms with Gasteiger partial charge < -0.3 is 5.73 Å². The van der Waals surface area contributed by atoms with Crippen LogP contribution in [0.15, 0.2) is 0 Å². The van der Waals surface area contributed by atoms with Gasteiger partial charge in [-0.05, 0) is 30.1 Å². The van der Waals surface area contributed by atoms with E-state index in [4.69, 9.17) is 17.3 Å². The average molecular weight is 172 g/mol. The van der Waals surface area contributed by atoms with Gasteiger partial charge >= 0.3 is 0 Å². The largest absolute Gasteiger partial charge is 0.369 e. The molecule has 1 amide bonds. The lowest BCUT2D eigenvalue weighted by Gasteiger charge is -2.11. The van der Waals surface area contributed by atoms with Gasteiger partial charge in [-0.3, -0.25) is 4.79 Å². The molecular weight excluding hydrogens is 162 g/mol. The Morgan fingerprint density at radius 3 is 2.27 bits per heavy atom. The normalized spacial score (nSPS) is 63.4. The quantitative estimate of drug-likeness (QED) is 0.577. The van der Waals surface area contributed by atoms with E-state index >= 15 is 0 Å². The number of hydrogen-bond acceptors (Lipinski definition) is 1. The molecule has 0 heterocycles. The van der Waals surface area contributed by atoms with Crippen LogP contribution < -0.4 is 5.73 Å². The van der Waals surface area contributed by atoms with Crippen molar-refractivity contribution in [2.45, 2.75) is 11.8 Å². The van der Waals surface area contributed by atoms with Gasteiger partial charge in [-0.15, -0.1) is 11.6 Å². The summed E-state index contributed by atoms with van der Waals surface area (Å²) in [6.45, 7) is 0. The standard InChI is InChI=1S/C8H10ClNO/c9-7-3-1-2-4(5(2)7)6(3)8(10)11/h2-7H,1H2,(H2,10,11)/t2-,3-,4-,5+,6-,7+/m0/s1. The zero-order valence-corrected chi connectivity index (χ0v) is 6.79. The fourth-order valence-electron chi connectivity index (χ4n) is 3.46. The molecule has 0 aliphatic heterocycles. The van der Waals surface area contributed by atoms with Crippen LogP contribution in [-0.2, 0) is 4.79 Å². The molecule has 4 aliphatic carbocycles. The second-order valence-corrected chi connectivity index (χ2v) is 4.59. The Hall–Kier alpha value is -0.240. The van der Waals surface area contributed by atoms with Crippen molar-refractivity contribution < 1.29 is 4.79 Å². The second kappa shape index (κ2) is 1.58. The lowest BCUT2D eigenvalue weighted by molar-refractivity contribution is -0.122. The monoisotopic (exact) mass is 171 g/mol. The van der Waals surface area contributed by atoms with Crippen LogP contribution in [0, 0.1) is 29.6 Å². The molecule has 0 aromatic heterocycles. The molecule has 0 aromatic carbocycles. The van der Waals surface area contributed by atoms with Crippen LogP contribution in [0.5, 0.6) is 0 Å². The number of halogens is 1. The molecule has 11 heavy (non-hydrogen) atoms. The summed E-state index contributed by atoms with van der Waals surface area (Å²) in [4.78, 5) is 11.0. The lowest BCUT2D eigenvalue weighted by Crippen LogP contribution is -2.27. The first-order valence-electron chi connectivity index (χ1n) is 4.15. The number of rotatable bonds is 1. The Morgan fingerprint density at radius 2 is 2.09 bits per heavy atom. The van der Waals surface area contributed by atoms with Crippen LogP contribution in [0.1, 0.15) is 6.42 Å². The van der Waals surface area contributed by atoms with Gasteiger partial charge in [0.2, 0.25) is 5.91 Å². The van der Waals surface area contributed by atoms with Crippen LogP contribution >= 0.6 is 11.6 Å². The van der Waals surface area contributed by atoms with Crippen LogP contribution in [0.25, 0.3) is 0 Å². The van der Waals surface area contributed by atoms with Crippen LogP contribution in [0.4, 0.5) is 0 Å². The molecule has 4 fully saturated rings. The first-order valence-corrected chi connectivity index (χ1v) is 4.59. The molecule has 60 valence electrons. The first kappa shape index (κ1) is 6.30. The van der Waals surface area contributed by atoms with Gasteiger partial charge in [-0.2, -0.15) is 0 Å². The van der Waals surface area contributed by atoms with Crippen molar-refractivity contribution >= 4 is 17.5 Å². The van der Waals surface area contributed by atoms with E-state index in [1.807, 2.05) is 0 Å². The lowest BCUT2D eigenvalue weighted by atomic mass is 9.98. The van der Waals surface area contributed by atoms with Gasteiger partial charge in [0.1, 0.15) is 0 Å². The van der Waals surface area contributed by atoms with Gasteiger partial charge in [0.15, 0.2) is 0 Å². The molecule has 0 unspecified atom stereocenters. The maximum Gasteiger partial charge on any atom is 0.221 e. The van der Waals surface area contributed by atoms with Crippen molar-refractivity contribution in [3.05, 3.63) is 0 Å². The van der Waals surface area contributed by atoms with E-state index in [0.29, 0.717) is 17.8 Å². The summed E-state index contributed by atoms with van der Waals surface area (Å²) in [5.41, 5.74) is 5.30. The summed E-state index contributed by atoms with van der Waals surface area (Å²) in [6.07, 6.45) is 1.16. The van der Waals surface area contributed by atoms with E-state index in [0.717, 1.165) is 12.3 Å². The first-order chi connectivity index (χ1) is 5.22. The Bertz CT molecular complexity index is 242. The van der Waals surface area contributed by atoms with E-state index in [9.17, 15) is 4.79 Å². The number of alkyl halides is 1. The number of amides is 1. The highest BCUT2D eigenvalue weighted by Crippen LogP contribution is 2.74. The highest BCUT2D eigenvalue weighted by Gasteiger charge is 2.74. The summed E-state index contributed by atoms with van der Waals surface area (Å²) in [7, 11) is 0. The topological polar surface area (TPSA) is 43.1 Å². The molecule has 0 radical (unpaired) electrons. The minimum Gasteiger partial charge on any atom is -0.369 e. The predicted molar refractivity (Wildman–Crippen MR) is 40.9 cm³/mol. The Balaban J connectivity index is 1.97. The van der Waals surface area contributed by atoms with Gasteiger partial charge in [0.25, 0.3) is 0 Å². The summed E-state index contributed by atoms with van der Waals surface area (Å²) in [5.74, 6) is 2.44. The molecule has 2 nitrogen and oxygen atoms in total. The molecule has 6 atom stereocenters. The molecule has 0 spiro atoms. The van der Waals surface area contributed by atoms with Crippen molar-refractivity contribution in [3.8, 4) is 0 Å². The molecule has 4 aliphatic rings. The van der Waals surface area contributed by atoms with Gasteiger partial charge in [0.05, 0.1) is 0 Å². The van der Waals surface area contributed by atoms with Crippen molar-refractivity contribution in [1.29, 1.82) is 0 Å². The predicted octanol–water partition coefficient (Wildman–Crippen LogP) is 0.591. The molecule has 4 bridgehead atoms. The Kier molecular flexibility index (Phi) is 0.905. The molecule has 0 aromatic rings. The van der Waals surface area contributed by atoms with Crippen LogP contribution in [-0.4, -0.2) is 11.3 Å². The number of primary amides is 1. The fraction of sp³-hybridized carbons (Fsp3) is 0.875. The molecule has 4 rings (SSSR count). The fourth-order valence-corrected chi connectivity index (χ4v) is 4.07. The van der Waals surface area contributed by atoms with E-state index in [-0.39, 0.29) is 17.2 Å². The van der Waals surface area contributed by atoms with E-state index in [2.05, 4.69) is 0 Å². The highest BCUT2D eigenvalue weighted by molar-refractivity contribution is 6.22. The van der Waals surface area contributed by atoms with Crippen LogP contribution in [0.3, 0.4) is 0 Å². The minimum atomic E-state index is -0.117. The maximum atomic E-state index is 11.0.